The molecule has 0 aliphatic carbocycles. The average Bonchev–Trinajstić information content (AvgIpc) is 3.05. The summed E-state index contributed by atoms with van der Waals surface area (Å²) >= 11 is 0. The van der Waals surface area contributed by atoms with Crippen LogP contribution in [0.3, 0.4) is 0 Å². The largest absolute Gasteiger partial charge is 0.462 e. The van der Waals surface area contributed by atoms with Gasteiger partial charge in [0.2, 0.25) is 0 Å². The predicted molar refractivity (Wildman–Crippen MR) is 118 cm³/mol. The van der Waals surface area contributed by atoms with Crippen LogP contribution in [-0.4, -0.2) is 22.1 Å². The van der Waals surface area contributed by atoms with Gasteiger partial charge in [0, 0.05) is 29.2 Å². The Hall–Kier alpha value is -4.18. The highest BCUT2D eigenvalue weighted by molar-refractivity contribution is 5.91. The monoisotopic (exact) mass is 415 g/mol. The van der Waals surface area contributed by atoms with E-state index in [4.69, 9.17) is 4.74 Å². The van der Waals surface area contributed by atoms with Crippen LogP contribution in [-0.2, 0) is 4.74 Å². The highest BCUT2D eigenvalue weighted by Crippen LogP contribution is 2.26. The van der Waals surface area contributed by atoms with Crippen molar-refractivity contribution in [2.24, 2.45) is 0 Å². The van der Waals surface area contributed by atoms with E-state index < -0.39 is 4.92 Å². The molecule has 31 heavy (non-hydrogen) atoms. The number of esters is 1. The predicted octanol–water partition coefficient (Wildman–Crippen LogP) is 5.24. The fourth-order valence-electron chi connectivity index (χ4n) is 3.42. The number of allylic oxidation sites excluding steroid dienone is 1. The molecule has 0 amide bonds. The molecule has 3 rings (SSSR count). The van der Waals surface area contributed by atoms with Crippen molar-refractivity contribution >= 4 is 23.3 Å². The van der Waals surface area contributed by atoms with Gasteiger partial charge in [-0.2, -0.15) is 5.26 Å². The first-order valence-electron chi connectivity index (χ1n) is 9.68. The Balaban J connectivity index is 2.01. The minimum atomic E-state index is -0.475. The molecule has 0 saturated carbocycles. The molecule has 7 heteroatoms. The van der Waals surface area contributed by atoms with Crippen molar-refractivity contribution in [2.45, 2.75) is 20.8 Å². The van der Waals surface area contributed by atoms with E-state index in [0.717, 1.165) is 22.6 Å². The zero-order chi connectivity index (χ0) is 22.5. The number of rotatable bonds is 6. The summed E-state index contributed by atoms with van der Waals surface area (Å²) in [6.45, 7) is 5.94. The Morgan fingerprint density at radius 2 is 1.87 bits per heavy atom. The molecule has 0 aliphatic heterocycles. The quantitative estimate of drug-likeness (QED) is 0.237. The number of ether oxygens (including phenoxy) is 1. The highest BCUT2D eigenvalue weighted by atomic mass is 16.6. The fourth-order valence-corrected chi connectivity index (χ4v) is 3.42. The Kier molecular flexibility index (Phi) is 6.32. The van der Waals surface area contributed by atoms with Crippen LogP contribution in [0.25, 0.3) is 17.3 Å². The molecule has 1 heterocycles. The van der Waals surface area contributed by atoms with E-state index in [1.807, 2.05) is 30.5 Å². The number of nitro groups is 1. The highest BCUT2D eigenvalue weighted by Gasteiger charge is 2.14. The van der Waals surface area contributed by atoms with Crippen LogP contribution in [0.15, 0.2) is 54.6 Å². The van der Waals surface area contributed by atoms with Crippen LogP contribution < -0.4 is 0 Å². The molecule has 1 aromatic heterocycles. The third-order valence-electron chi connectivity index (χ3n) is 4.90. The summed E-state index contributed by atoms with van der Waals surface area (Å²) in [4.78, 5) is 22.5. The molecule has 0 N–H and O–H groups in total. The summed E-state index contributed by atoms with van der Waals surface area (Å²) < 4.78 is 7.09. The SMILES string of the molecule is CCOC(=O)c1cccc(-n2c(C)cc(/C=C(/C#N)c3ccc([N+](=O)[O-])cc3)c2C)c1. The third-order valence-corrected chi connectivity index (χ3v) is 4.90. The lowest BCUT2D eigenvalue weighted by Gasteiger charge is -2.11. The van der Waals surface area contributed by atoms with E-state index in [-0.39, 0.29) is 11.7 Å². The van der Waals surface area contributed by atoms with Gasteiger partial charge in [0.05, 0.1) is 28.7 Å². The van der Waals surface area contributed by atoms with Crippen molar-refractivity contribution in [1.82, 2.24) is 4.57 Å². The molecule has 3 aromatic rings. The van der Waals surface area contributed by atoms with E-state index in [0.29, 0.717) is 23.3 Å². The van der Waals surface area contributed by atoms with Crippen molar-refractivity contribution < 1.29 is 14.5 Å². The number of carbonyl (C=O) groups is 1. The number of aromatic nitrogens is 1. The molecule has 0 spiro atoms. The lowest BCUT2D eigenvalue weighted by Crippen LogP contribution is -2.06. The minimum absolute atomic E-state index is 0.0271. The normalized spacial score (nSPS) is 11.1. The van der Waals surface area contributed by atoms with E-state index >= 15 is 0 Å². The fraction of sp³-hybridized carbons (Fsp3) is 0.167. The van der Waals surface area contributed by atoms with Crippen LogP contribution in [0.2, 0.25) is 0 Å². The van der Waals surface area contributed by atoms with Crippen molar-refractivity contribution in [2.75, 3.05) is 6.61 Å². The molecule has 7 nitrogen and oxygen atoms in total. The first-order chi connectivity index (χ1) is 14.8. The number of non-ortho nitro benzene ring substituents is 1. The van der Waals surface area contributed by atoms with E-state index in [2.05, 4.69) is 6.07 Å². The van der Waals surface area contributed by atoms with Crippen molar-refractivity contribution in [3.05, 3.63) is 92.8 Å². The number of nitrogens with zero attached hydrogens (tertiary/aromatic N) is 3. The minimum Gasteiger partial charge on any atom is -0.462 e. The second-order valence-electron chi connectivity index (χ2n) is 6.91. The molecule has 2 aromatic carbocycles. The van der Waals surface area contributed by atoms with E-state index in [9.17, 15) is 20.2 Å². The smallest absolute Gasteiger partial charge is 0.338 e. The number of hydrogen-bond donors (Lipinski definition) is 0. The summed E-state index contributed by atoms with van der Waals surface area (Å²) in [6, 6.07) is 17.2. The van der Waals surface area contributed by atoms with Gasteiger partial charge in [0.15, 0.2) is 0 Å². The molecule has 0 atom stereocenters. The maximum Gasteiger partial charge on any atom is 0.338 e. The van der Waals surface area contributed by atoms with Crippen molar-refractivity contribution in [3.8, 4) is 11.8 Å². The van der Waals surface area contributed by atoms with Crippen molar-refractivity contribution in [3.63, 3.8) is 0 Å². The van der Waals surface area contributed by atoms with Gasteiger partial charge in [0.1, 0.15) is 0 Å². The maximum absolute atomic E-state index is 12.1. The zero-order valence-corrected chi connectivity index (χ0v) is 17.5. The summed E-state index contributed by atoms with van der Waals surface area (Å²) in [7, 11) is 0. The molecule has 0 radical (unpaired) electrons. The molecular formula is C24H21N3O4. The van der Waals surface area contributed by atoms with Gasteiger partial charge in [-0.05, 0) is 74.4 Å². The van der Waals surface area contributed by atoms with Gasteiger partial charge >= 0.3 is 5.97 Å². The van der Waals surface area contributed by atoms with Crippen LogP contribution in [0.5, 0.6) is 0 Å². The van der Waals surface area contributed by atoms with Gasteiger partial charge in [-0.25, -0.2) is 4.79 Å². The average molecular weight is 415 g/mol. The topological polar surface area (TPSA) is 98.2 Å². The third kappa shape index (κ3) is 4.54. The van der Waals surface area contributed by atoms with Crippen LogP contribution in [0, 0.1) is 35.3 Å². The number of nitriles is 1. The zero-order valence-electron chi connectivity index (χ0n) is 17.5. The molecular weight excluding hydrogens is 394 g/mol. The Bertz CT molecular complexity index is 1210. The molecule has 0 bridgehead atoms. The second kappa shape index (κ2) is 9.09. The summed E-state index contributed by atoms with van der Waals surface area (Å²) in [5.74, 6) is -0.378. The first kappa shape index (κ1) is 21.5. The molecule has 0 fully saturated rings. The molecule has 156 valence electrons. The lowest BCUT2D eigenvalue weighted by atomic mass is 10.0. The summed E-state index contributed by atoms with van der Waals surface area (Å²) in [6.07, 6.45) is 1.76. The van der Waals surface area contributed by atoms with Gasteiger partial charge in [-0.1, -0.05) is 6.07 Å². The molecule has 0 unspecified atom stereocenters. The maximum atomic E-state index is 12.1. The molecule has 0 saturated heterocycles. The standard InChI is InChI=1S/C24H21N3O4/c1-4-31-24(28)19-6-5-7-23(14-19)26-16(2)12-20(17(26)3)13-21(15-25)18-8-10-22(11-9-18)27(29)30/h5-14H,4H2,1-3H3/b21-13-. The van der Waals surface area contributed by atoms with Gasteiger partial charge < -0.3 is 9.30 Å². The lowest BCUT2D eigenvalue weighted by molar-refractivity contribution is -0.384. The number of hydrogen-bond acceptors (Lipinski definition) is 5. The number of benzene rings is 2. The van der Waals surface area contributed by atoms with Crippen LogP contribution >= 0.6 is 0 Å². The Morgan fingerprint density at radius 1 is 1.16 bits per heavy atom. The Morgan fingerprint density at radius 3 is 2.48 bits per heavy atom. The van der Waals surface area contributed by atoms with Gasteiger partial charge in [-0.15, -0.1) is 0 Å². The van der Waals surface area contributed by atoms with Crippen molar-refractivity contribution in [1.29, 1.82) is 5.26 Å². The van der Waals surface area contributed by atoms with Crippen LogP contribution in [0.1, 0.15) is 39.8 Å². The number of carbonyl (C=O) groups excluding carboxylic acids is 1. The first-order valence-corrected chi connectivity index (χ1v) is 9.68. The second-order valence-corrected chi connectivity index (χ2v) is 6.91. The summed E-state index contributed by atoms with van der Waals surface area (Å²) in [5.41, 5.74) is 4.92. The number of aryl methyl sites for hydroxylation is 1. The molecule has 0 aliphatic rings. The van der Waals surface area contributed by atoms with Crippen LogP contribution in [0.4, 0.5) is 5.69 Å². The van der Waals surface area contributed by atoms with E-state index in [1.54, 1.807) is 43.3 Å². The summed E-state index contributed by atoms with van der Waals surface area (Å²) in [5, 5.41) is 20.5. The van der Waals surface area contributed by atoms with Gasteiger partial charge in [0.25, 0.3) is 5.69 Å². The van der Waals surface area contributed by atoms with Gasteiger partial charge in [-0.3, -0.25) is 10.1 Å². The Labute approximate surface area is 180 Å². The number of nitro benzene ring substituents is 1. The van der Waals surface area contributed by atoms with E-state index in [1.165, 1.54) is 12.1 Å².